The molecule has 2 fully saturated rings. The Balaban J connectivity index is 1.97. The van der Waals surface area contributed by atoms with Gasteiger partial charge in [-0.1, -0.05) is 0 Å². The number of hydrogen-bond acceptors (Lipinski definition) is 4. The van der Waals surface area contributed by atoms with Crippen molar-refractivity contribution in [1.29, 1.82) is 0 Å². The summed E-state index contributed by atoms with van der Waals surface area (Å²) in [5.41, 5.74) is -1.15. The molecule has 1 aliphatic carbocycles. The maximum absolute atomic E-state index is 11.9. The fraction of sp³-hybridized carbons (Fsp3) is 0.818. The van der Waals surface area contributed by atoms with E-state index in [9.17, 15) is 14.7 Å². The molecule has 0 aromatic heterocycles. The van der Waals surface area contributed by atoms with E-state index in [-0.39, 0.29) is 11.8 Å². The number of ether oxygens (including phenoxy) is 1. The Bertz CT molecular complexity index is 323. The summed E-state index contributed by atoms with van der Waals surface area (Å²) in [5, 5.41) is 14.9. The number of amides is 1. The highest BCUT2D eigenvalue weighted by atomic mass is 16.5. The zero-order valence-corrected chi connectivity index (χ0v) is 9.86. The van der Waals surface area contributed by atoms with Gasteiger partial charge in [-0.25, -0.2) is 4.79 Å². The van der Waals surface area contributed by atoms with Gasteiger partial charge in [0, 0.05) is 13.1 Å². The van der Waals surface area contributed by atoms with Gasteiger partial charge in [-0.15, -0.1) is 0 Å². The van der Waals surface area contributed by atoms with Crippen LogP contribution in [0.4, 0.5) is 0 Å². The van der Waals surface area contributed by atoms with E-state index in [0.717, 1.165) is 19.4 Å². The number of aliphatic carboxylic acids is 1. The topological polar surface area (TPSA) is 87.7 Å². The fourth-order valence-corrected chi connectivity index (χ4v) is 2.06. The second-order valence-electron chi connectivity index (χ2n) is 4.83. The lowest BCUT2D eigenvalue weighted by Crippen LogP contribution is -2.59. The molecular formula is C11H18N2O4. The molecule has 6 nitrogen and oxygen atoms in total. The predicted octanol–water partition coefficient (Wildman–Crippen LogP) is -0.656. The minimum Gasteiger partial charge on any atom is -0.480 e. The van der Waals surface area contributed by atoms with Crippen LogP contribution in [0.1, 0.15) is 19.8 Å². The van der Waals surface area contributed by atoms with Crippen molar-refractivity contribution in [3.8, 4) is 0 Å². The summed E-state index contributed by atoms with van der Waals surface area (Å²) < 4.78 is 5.30. The first kappa shape index (κ1) is 12.3. The first-order valence-electron chi connectivity index (χ1n) is 5.92. The zero-order valence-electron chi connectivity index (χ0n) is 9.86. The summed E-state index contributed by atoms with van der Waals surface area (Å²) in [5.74, 6) is -1.27. The fourth-order valence-electron chi connectivity index (χ4n) is 2.06. The Morgan fingerprint density at radius 2 is 2.18 bits per heavy atom. The lowest BCUT2D eigenvalue weighted by Gasteiger charge is -2.30. The van der Waals surface area contributed by atoms with Crippen molar-refractivity contribution in [3.63, 3.8) is 0 Å². The maximum atomic E-state index is 11.9. The predicted molar refractivity (Wildman–Crippen MR) is 59.5 cm³/mol. The summed E-state index contributed by atoms with van der Waals surface area (Å²) in [7, 11) is 0. The number of carboxylic acid groups (broad SMARTS) is 1. The standard InChI is InChI=1S/C11H18N2O4/c1-11(10(15)16,7-2-3-7)13-9(14)8-6-12-4-5-17-8/h7-8,12H,2-6H2,1H3,(H,13,14)(H,15,16). The van der Waals surface area contributed by atoms with E-state index < -0.39 is 17.6 Å². The third kappa shape index (κ3) is 2.58. The molecule has 1 saturated carbocycles. The Morgan fingerprint density at radius 1 is 1.47 bits per heavy atom. The van der Waals surface area contributed by atoms with Gasteiger partial charge in [-0.05, 0) is 25.7 Å². The summed E-state index contributed by atoms with van der Waals surface area (Å²) in [4.78, 5) is 23.2. The van der Waals surface area contributed by atoms with Crippen molar-refractivity contribution in [2.45, 2.75) is 31.4 Å². The molecular weight excluding hydrogens is 224 g/mol. The lowest BCUT2D eigenvalue weighted by molar-refractivity contribution is -0.150. The number of carbonyl (C=O) groups excluding carboxylic acids is 1. The van der Waals surface area contributed by atoms with Crippen LogP contribution in [0.25, 0.3) is 0 Å². The second kappa shape index (κ2) is 4.62. The van der Waals surface area contributed by atoms with E-state index in [0.29, 0.717) is 13.2 Å². The molecule has 0 aromatic rings. The smallest absolute Gasteiger partial charge is 0.329 e. The largest absolute Gasteiger partial charge is 0.480 e. The van der Waals surface area contributed by atoms with E-state index in [4.69, 9.17) is 4.74 Å². The van der Waals surface area contributed by atoms with Crippen LogP contribution >= 0.6 is 0 Å². The SMILES string of the molecule is CC(NC(=O)C1CNCCO1)(C(=O)O)C1CC1. The summed E-state index contributed by atoms with van der Waals surface area (Å²) in [6, 6.07) is 0. The highest BCUT2D eigenvalue weighted by Crippen LogP contribution is 2.39. The number of nitrogens with one attached hydrogen (secondary N) is 2. The molecule has 96 valence electrons. The van der Waals surface area contributed by atoms with Crippen molar-refractivity contribution in [3.05, 3.63) is 0 Å². The minimum atomic E-state index is -1.15. The van der Waals surface area contributed by atoms with Gasteiger partial charge in [0.15, 0.2) is 0 Å². The summed E-state index contributed by atoms with van der Waals surface area (Å²) in [6.07, 6.45) is 1.13. The molecule has 2 unspecified atom stereocenters. The third-order valence-electron chi connectivity index (χ3n) is 3.44. The normalized spacial score (nSPS) is 28.2. The van der Waals surface area contributed by atoms with Gasteiger partial charge in [-0.2, -0.15) is 0 Å². The van der Waals surface area contributed by atoms with Crippen molar-refractivity contribution in [1.82, 2.24) is 10.6 Å². The van der Waals surface area contributed by atoms with Gasteiger partial charge in [0.2, 0.25) is 0 Å². The molecule has 1 heterocycles. The maximum Gasteiger partial charge on any atom is 0.329 e. The molecule has 0 spiro atoms. The summed E-state index contributed by atoms with van der Waals surface area (Å²) >= 11 is 0. The van der Waals surface area contributed by atoms with Crippen LogP contribution in [-0.4, -0.2) is 48.3 Å². The Hall–Kier alpha value is -1.14. The molecule has 1 amide bonds. The number of carbonyl (C=O) groups is 2. The Morgan fingerprint density at radius 3 is 2.65 bits per heavy atom. The van der Waals surface area contributed by atoms with Crippen LogP contribution in [0.3, 0.4) is 0 Å². The molecule has 0 bridgehead atoms. The first-order chi connectivity index (χ1) is 8.04. The average molecular weight is 242 g/mol. The van der Waals surface area contributed by atoms with Crippen molar-refractivity contribution >= 4 is 11.9 Å². The molecule has 2 aliphatic rings. The van der Waals surface area contributed by atoms with Gasteiger partial charge in [0.1, 0.15) is 11.6 Å². The molecule has 3 N–H and O–H groups in total. The van der Waals surface area contributed by atoms with Gasteiger partial charge in [0.05, 0.1) is 6.61 Å². The molecule has 2 rings (SSSR count). The van der Waals surface area contributed by atoms with E-state index in [1.165, 1.54) is 0 Å². The van der Waals surface area contributed by atoms with Crippen molar-refractivity contribution < 1.29 is 19.4 Å². The molecule has 1 saturated heterocycles. The van der Waals surface area contributed by atoms with Gasteiger partial charge < -0.3 is 20.5 Å². The monoisotopic (exact) mass is 242 g/mol. The van der Waals surface area contributed by atoms with E-state index in [1.807, 2.05) is 0 Å². The number of rotatable bonds is 4. The van der Waals surface area contributed by atoms with Gasteiger partial charge >= 0.3 is 5.97 Å². The number of carboxylic acids is 1. The highest BCUT2D eigenvalue weighted by Gasteiger charge is 2.49. The van der Waals surface area contributed by atoms with Crippen LogP contribution in [0.5, 0.6) is 0 Å². The zero-order chi connectivity index (χ0) is 12.5. The number of morpholine rings is 1. The van der Waals surface area contributed by atoms with Crippen LogP contribution in [0, 0.1) is 5.92 Å². The average Bonchev–Trinajstić information content (AvgIpc) is 3.13. The molecule has 6 heteroatoms. The van der Waals surface area contributed by atoms with Crippen molar-refractivity contribution in [2.75, 3.05) is 19.7 Å². The van der Waals surface area contributed by atoms with E-state index >= 15 is 0 Å². The van der Waals surface area contributed by atoms with Crippen LogP contribution in [0.2, 0.25) is 0 Å². The Labute approximate surface area is 99.7 Å². The highest BCUT2D eigenvalue weighted by molar-refractivity contribution is 5.89. The van der Waals surface area contributed by atoms with Gasteiger partial charge in [-0.3, -0.25) is 4.79 Å². The first-order valence-corrected chi connectivity index (χ1v) is 5.92. The van der Waals surface area contributed by atoms with E-state index in [1.54, 1.807) is 6.92 Å². The molecule has 1 aliphatic heterocycles. The van der Waals surface area contributed by atoms with Crippen LogP contribution < -0.4 is 10.6 Å². The second-order valence-corrected chi connectivity index (χ2v) is 4.83. The van der Waals surface area contributed by atoms with E-state index in [2.05, 4.69) is 10.6 Å². The summed E-state index contributed by atoms with van der Waals surface area (Å²) in [6.45, 7) is 3.21. The molecule has 0 radical (unpaired) electrons. The van der Waals surface area contributed by atoms with Crippen molar-refractivity contribution in [2.24, 2.45) is 5.92 Å². The third-order valence-corrected chi connectivity index (χ3v) is 3.44. The van der Waals surface area contributed by atoms with Gasteiger partial charge in [0.25, 0.3) is 5.91 Å². The quantitative estimate of drug-likeness (QED) is 0.609. The Kier molecular flexibility index (Phi) is 3.35. The van der Waals surface area contributed by atoms with Crippen LogP contribution in [0.15, 0.2) is 0 Å². The minimum absolute atomic E-state index is 0.0421. The molecule has 0 aromatic carbocycles. The molecule has 2 atom stereocenters. The lowest BCUT2D eigenvalue weighted by atomic mass is 9.95. The van der Waals surface area contributed by atoms with Crippen LogP contribution in [-0.2, 0) is 14.3 Å². The number of hydrogen-bond donors (Lipinski definition) is 3. The molecule has 17 heavy (non-hydrogen) atoms.